The van der Waals surface area contributed by atoms with Crippen LogP contribution < -0.4 is 10.2 Å². The number of aliphatic hydroxyl groups excluding tert-OH is 1. The number of ether oxygens (including phenoxy) is 1. The van der Waals surface area contributed by atoms with E-state index in [0.717, 1.165) is 6.07 Å². The van der Waals surface area contributed by atoms with Gasteiger partial charge in [-0.3, -0.25) is 9.69 Å². The quantitative estimate of drug-likeness (QED) is 0.712. The number of cyclic esters (lactones) is 1. The number of rotatable bonds is 6. The van der Waals surface area contributed by atoms with Crippen LogP contribution in [0.25, 0.3) is 11.1 Å². The lowest BCUT2D eigenvalue weighted by molar-refractivity contribution is -0.119. The van der Waals surface area contributed by atoms with Gasteiger partial charge in [-0.2, -0.15) is 0 Å². The molecule has 0 spiro atoms. The summed E-state index contributed by atoms with van der Waals surface area (Å²) in [5.74, 6) is -1.59. The predicted molar refractivity (Wildman–Crippen MR) is 111 cm³/mol. The molecule has 2 heterocycles. The van der Waals surface area contributed by atoms with Gasteiger partial charge in [-0.15, -0.1) is 0 Å². The van der Waals surface area contributed by atoms with Crippen molar-refractivity contribution in [2.24, 2.45) is 5.16 Å². The highest BCUT2D eigenvalue weighted by Crippen LogP contribution is 2.31. The number of oxime groups is 1. The molecule has 1 fully saturated rings. The zero-order valence-corrected chi connectivity index (χ0v) is 17.2. The highest BCUT2D eigenvalue weighted by Gasteiger charge is 2.33. The Morgan fingerprint density at radius 1 is 1.19 bits per heavy atom. The van der Waals surface area contributed by atoms with E-state index >= 15 is 0 Å². The molecule has 2 aromatic carbocycles. The van der Waals surface area contributed by atoms with E-state index in [9.17, 15) is 18.4 Å². The van der Waals surface area contributed by atoms with Crippen LogP contribution in [-0.2, 0) is 14.4 Å². The number of hydrogen-bond donors (Lipinski definition) is 2. The predicted octanol–water partition coefficient (Wildman–Crippen LogP) is 2.58. The fourth-order valence-corrected chi connectivity index (χ4v) is 3.60. The molecule has 32 heavy (non-hydrogen) atoms. The molecule has 2 atom stereocenters. The minimum atomic E-state index is -0.700. The van der Waals surface area contributed by atoms with Gasteiger partial charge in [0.2, 0.25) is 5.91 Å². The Balaban J connectivity index is 1.51. The molecular formula is C22H21F2N3O5. The number of benzene rings is 2. The van der Waals surface area contributed by atoms with Gasteiger partial charge in [-0.1, -0.05) is 17.3 Å². The van der Waals surface area contributed by atoms with Gasteiger partial charge in [0, 0.05) is 30.0 Å². The fraction of sp³-hybridized carbons (Fsp3) is 0.318. The summed E-state index contributed by atoms with van der Waals surface area (Å²) in [5, 5.41) is 15.6. The fourth-order valence-electron chi connectivity index (χ4n) is 3.60. The Kier molecular flexibility index (Phi) is 6.04. The van der Waals surface area contributed by atoms with E-state index in [1.807, 2.05) is 0 Å². The van der Waals surface area contributed by atoms with Crippen molar-refractivity contribution in [1.29, 1.82) is 0 Å². The normalized spacial score (nSPS) is 20.1. The van der Waals surface area contributed by atoms with Crippen molar-refractivity contribution in [2.75, 3.05) is 24.6 Å². The summed E-state index contributed by atoms with van der Waals surface area (Å²) >= 11 is 0. The molecular weight excluding hydrogens is 424 g/mol. The van der Waals surface area contributed by atoms with E-state index < -0.39 is 29.9 Å². The Morgan fingerprint density at radius 2 is 1.91 bits per heavy atom. The van der Waals surface area contributed by atoms with Crippen LogP contribution in [0, 0.1) is 11.6 Å². The first kappa shape index (κ1) is 21.7. The van der Waals surface area contributed by atoms with Crippen molar-refractivity contribution >= 4 is 23.4 Å². The van der Waals surface area contributed by atoms with Gasteiger partial charge >= 0.3 is 6.09 Å². The smallest absolute Gasteiger partial charge is 0.414 e. The maximum Gasteiger partial charge on any atom is 0.414 e. The average Bonchev–Trinajstić information content (AvgIpc) is 3.39. The number of carbonyl (C=O) groups is 2. The monoisotopic (exact) mass is 445 g/mol. The summed E-state index contributed by atoms with van der Waals surface area (Å²) in [7, 11) is 0. The Morgan fingerprint density at radius 3 is 2.53 bits per heavy atom. The molecule has 0 aliphatic carbocycles. The molecule has 2 aliphatic rings. The molecule has 0 aromatic heterocycles. The van der Waals surface area contributed by atoms with Gasteiger partial charge in [0.1, 0.15) is 17.7 Å². The number of nitrogens with one attached hydrogen (secondary N) is 1. The second-order valence-corrected chi connectivity index (χ2v) is 7.56. The largest absolute Gasteiger partial charge is 0.442 e. The molecule has 0 bridgehead atoms. The maximum atomic E-state index is 14.9. The highest BCUT2D eigenvalue weighted by molar-refractivity contribution is 6.01. The minimum absolute atomic E-state index is 0.0398. The van der Waals surface area contributed by atoms with Gasteiger partial charge < -0.3 is 20.0 Å². The third kappa shape index (κ3) is 4.40. The number of carbonyl (C=O) groups excluding carboxylic acids is 2. The Bertz CT molecular complexity index is 1090. The SMILES string of the molecule is CC(=O)NC[C@H]1CN(c2ccc(-c3ccc(C4=NOC(CO)C4)cc3F)c(F)c2)C(=O)O1. The molecule has 0 radical (unpaired) electrons. The molecule has 10 heteroatoms. The van der Waals surface area contributed by atoms with E-state index in [1.165, 1.54) is 36.1 Å². The van der Waals surface area contributed by atoms with E-state index in [0.29, 0.717) is 17.7 Å². The molecule has 8 nitrogen and oxygen atoms in total. The first-order valence-corrected chi connectivity index (χ1v) is 10.0. The lowest BCUT2D eigenvalue weighted by Crippen LogP contribution is -2.33. The topological polar surface area (TPSA) is 100 Å². The zero-order valence-electron chi connectivity index (χ0n) is 17.2. The number of halogens is 2. The van der Waals surface area contributed by atoms with E-state index in [2.05, 4.69) is 10.5 Å². The molecule has 168 valence electrons. The second-order valence-electron chi connectivity index (χ2n) is 7.56. The summed E-state index contributed by atoms with van der Waals surface area (Å²) in [4.78, 5) is 29.5. The van der Waals surface area contributed by atoms with Crippen molar-refractivity contribution < 1.29 is 33.1 Å². The molecule has 2 N–H and O–H groups in total. The van der Waals surface area contributed by atoms with Crippen LogP contribution in [0.15, 0.2) is 41.6 Å². The molecule has 1 saturated heterocycles. The summed E-state index contributed by atoms with van der Waals surface area (Å²) in [6.45, 7) is 1.48. The van der Waals surface area contributed by atoms with Gasteiger partial charge in [-0.05, 0) is 24.3 Å². The van der Waals surface area contributed by atoms with E-state index in [-0.39, 0.29) is 42.4 Å². The highest BCUT2D eigenvalue weighted by atomic mass is 19.1. The lowest BCUT2D eigenvalue weighted by Gasteiger charge is -2.15. The summed E-state index contributed by atoms with van der Waals surface area (Å²) in [6, 6.07) is 8.35. The molecule has 1 unspecified atom stereocenters. The van der Waals surface area contributed by atoms with Crippen molar-refractivity contribution in [3.05, 3.63) is 53.6 Å². The van der Waals surface area contributed by atoms with Crippen LogP contribution in [-0.4, -0.2) is 54.7 Å². The number of nitrogens with zero attached hydrogens (tertiary/aromatic N) is 2. The molecule has 2 amide bonds. The number of anilines is 1. The van der Waals surface area contributed by atoms with E-state index in [4.69, 9.17) is 14.7 Å². The average molecular weight is 445 g/mol. The maximum absolute atomic E-state index is 14.9. The van der Waals surface area contributed by atoms with Crippen LogP contribution in [0.3, 0.4) is 0 Å². The van der Waals surface area contributed by atoms with Crippen LogP contribution in [0.1, 0.15) is 18.9 Å². The minimum Gasteiger partial charge on any atom is -0.442 e. The van der Waals surface area contributed by atoms with Crippen LogP contribution in [0.2, 0.25) is 0 Å². The first-order chi connectivity index (χ1) is 15.4. The molecule has 2 aromatic rings. The first-order valence-electron chi connectivity index (χ1n) is 10.0. The number of hydrogen-bond acceptors (Lipinski definition) is 6. The van der Waals surface area contributed by atoms with Gasteiger partial charge in [0.05, 0.1) is 31.1 Å². The van der Waals surface area contributed by atoms with Crippen molar-refractivity contribution in [1.82, 2.24) is 5.32 Å². The third-order valence-corrected chi connectivity index (χ3v) is 5.25. The van der Waals surface area contributed by atoms with Crippen LogP contribution in [0.4, 0.5) is 19.3 Å². The van der Waals surface area contributed by atoms with Crippen molar-refractivity contribution in [3.8, 4) is 11.1 Å². The standard InChI is InChI=1S/C22H21F2N3O5/c1-12(29)25-9-16-10-27(22(30)31-16)14-3-5-18(20(24)7-14)17-4-2-13(6-19(17)23)21-8-15(11-28)32-26-21/h2-7,15-16,28H,8-11H2,1H3,(H,25,29)/t15?,16-/m0/s1. The van der Waals surface area contributed by atoms with E-state index in [1.54, 1.807) is 6.07 Å². The van der Waals surface area contributed by atoms with Gasteiger partial charge in [0.25, 0.3) is 0 Å². The molecule has 4 rings (SSSR count). The Labute approximate surface area is 182 Å². The zero-order chi connectivity index (χ0) is 22.8. The van der Waals surface area contributed by atoms with Gasteiger partial charge in [0.15, 0.2) is 6.10 Å². The summed E-state index contributed by atoms with van der Waals surface area (Å²) < 4.78 is 34.8. The van der Waals surface area contributed by atoms with Crippen molar-refractivity contribution in [3.63, 3.8) is 0 Å². The molecule has 0 saturated carbocycles. The van der Waals surface area contributed by atoms with Crippen LogP contribution >= 0.6 is 0 Å². The Hall–Kier alpha value is -3.53. The third-order valence-electron chi connectivity index (χ3n) is 5.25. The summed E-state index contributed by atoms with van der Waals surface area (Å²) in [5.41, 5.74) is 1.36. The lowest BCUT2D eigenvalue weighted by atomic mass is 9.99. The van der Waals surface area contributed by atoms with Crippen LogP contribution in [0.5, 0.6) is 0 Å². The number of amides is 2. The summed E-state index contributed by atoms with van der Waals surface area (Å²) in [6.07, 6.45) is -1.30. The second kappa shape index (κ2) is 8.91. The molecule has 2 aliphatic heterocycles. The number of aliphatic hydroxyl groups is 1. The van der Waals surface area contributed by atoms with Crippen molar-refractivity contribution in [2.45, 2.75) is 25.6 Å². The van der Waals surface area contributed by atoms with Gasteiger partial charge in [-0.25, -0.2) is 13.6 Å².